The van der Waals surface area contributed by atoms with E-state index in [-0.39, 0.29) is 11.8 Å². The second-order valence-corrected chi connectivity index (χ2v) is 7.56. The molecular weight excluding hydrogens is 254 g/mol. The van der Waals surface area contributed by atoms with Crippen LogP contribution in [0.3, 0.4) is 0 Å². The van der Waals surface area contributed by atoms with Crippen LogP contribution in [0.15, 0.2) is 29.2 Å². The van der Waals surface area contributed by atoms with Crippen molar-refractivity contribution in [2.45, 2.75) is 24.8 Å². The van der Waals surface area contributed by atoms with Gasteiger partial charge in [0.1, 0.15) is 9.84 Å². The van der Waals surface area contributed by atoms with E-state index in [2.05, 4.69) is 12.2 Å². The smallest absolute Gasteiger partial charge is 0.149 e. The summed E-state index contributed by atoms with van der Waals surface area (Å²) in [6.07, 6.45) is 1.26. The lowest BCUT2D eigenvalue weighted by Gasteiger charge is -2.16. The molecule has 1 aromatic rings. The average Bonchev–Trinajstić information content (AvgIpc) is 2.18. The Hall–Kier alpha value is -0.680. The van der Waals surface area contributed by atoms with E-state index in [1.165, 1.54) is 6.26 Å². The van der Waals surface area contributed by atoms with Gasteiger partial charge in [-0.25, -0.2) is 8.42 Å². The summed E-state index contributed by atoms with van der Waals surface area (Å²) in [6.45, 7) is 3.98. The summed E-state index contributed by atoms with van der Waals surface area (Å²) in [4.78, 5) is 1.16. The highest BCUT2D eigenvalue weighted by Crippen LogP contribution is 2.27. The van der Waals surface area contributed by atoms with Gasteiger partial charge in [-0.2, -0.15) is 0 Å². The molecule has 0 saturated carbocycles. The molecule has 0 bridgehead atoms. The van der Waals surface area contributed by atoms with Crippen LogP contribution in [0, 0.1) is 0 Å². The van der Waals surface area contributed by atoms with Crippen molar-refractivity contribution in [3.05, 3.63) is 24.3 Å². The molecule has 1 atom stereocenters. The maximum atomic E-state index is 11.2. The zero-order valence-corrected chi connectivity index (χ0v) is 12.1. The van der Waals surface area contributed by atoms with Crippen molar-refractivity contribution >= 4 is 27.3 Å². The number of benzene rings is 1. The predicted octanol–water partition coefficient (Wildman–Crippen LogP) is 2.64. The van der Waals surface area contributed by atoms with E-state index in [1.807, 2.05) is 31.2 Å². The standard InChI is InChI=1S/C12H19NO2S2/c1-4-16-12-8-6-5-7-11(12)13-10(2)9-17(3,14)15/h5-8,10,13H,4,9H2,1-3H3. The minimum absolute atomic E-state index is 0.0800. The summed E-state index contributed by atoms with van der Waals surface area (Å²) in [5, 5.41) is 3.25. The van der Waals surface area contributed by atoms with Gasteiger partial charge in [-0.3, -0.25) is 0 Å². The van der Waals surface area contributed by atoms with Gasteiger partial charge in [0.25, 0.3) is 0 Å². The van der Waals surface area contributed by atoms with Gasteiger partial charge in [0.15, 0.2) is 0 Å². The summed E-state index contributed by atoms with van der Waals surface area (Å²) in [5.74, 6) is 1.15. The van der Waals surface area contributed by atoms with Crippen molar-refractivity contribution in [2.24, 2.45) is 0 Å². The first-order valence-electron chi connectivity index (χ1n) is 5.58. The second-order valence-electron chi connectivity index (χ2n) is 4.07. The lowest BCUT2D eigenvalue weighted by atomic mass is 10.3. The minimum Gasteiger partial charge on any atom is -0.381 e. The van der Waals surface area contributed by atoms with Crippen LogP contribution in [-0.4, -0.2) is 32.2 Å². The van der Waals surface area contributed by atoms with E-state index >= 15 is 0 Å². The number of anilines is 1. The maximum absolute atomic E-state index is 11.2. The molecule has 5 heteroatoms. The lowest BCUT2D eigenvalue weighted by molar-refractivity contribution is 0.598. The molecule has 0 radical (unpaired) electrons. The van der Waals surface area contributed by atoms with Crippen molar-refractivity contribution in [2.75, 3.05) is 23.1 Å². The van der Waals surface area contributed by atoms with E-state index in [1.54, 1.807) is 11.8 Å². The van der Waals surface area contributed by atoms with Gasteiger partial charge >= 0.3 is 0 Å². The number of para-hydroxylation sites is 1. The molecule has 0 amide bonds. The summed E-state index contributed by atoms with van der Waals surface area (Å²) in [7, 11) is -2.94. The zero-order valence-electron chi connectivity index (χ0n) is 10.4. The summed E-state index contributed by atoms with van der Waals surface area (Å²) in [5.41, 5.74) is 1.01. The van der Waals surface area contributed by atoms with Gasteiger partial charge in [-0.05, 0) is 24.8 Å². The van der Waals surface area contributed by atoms with E-state index in [0.29, 0.717) is 0 Å². The molecule has 1 aromatic carbocycles. The Labute approximate surface area is 108 Å². The molecule has 0 fully saturated rings. The van der Waals surface area contributed by atoms with Crippen LogP contribution in [0.25, 0.3) is 0 Å². The fourth-order valence-electron chi connectivity index (χ4n) is 1.63. The number of thioether (sulfide) groups is 1. The summed E-state index contributed by atoms with van der Waals surface area (Å²) < 4.78 is 22.4. The van der Waals surface area contributed by atoms with E-state index in [0.717, 1.165) is 16.3 Å². The highest BCUT2D eigenvalue weighted by atomic mass is 32.2. The first-order chi connectivity index (χ1) is 7.92. The Balaban J connectivity index is 2.73. The first-order valence-corrected chi connectivity index (χ1v) is 8.63. The highest BCUT2D eigenvalue weighted by molar-refractivity contribution is 7.99. The van der Waals surface area contributed by atoms with Gasteiger partial charge in [-0.15, -0.1) is 11.8 Å². The zero-order chi connectivity index (χ0) is 12.9. The Morgan fingerprint density at radius 2 is 2.00 bits per heavy atom. The molecule has 0 aliphatic carbocycles. The van der Waals surface area contributed by atoms with Crippen molar-refractivity contribution < 1.29 is 8.42 Å². The Morgan fingerprint density at radius 3 is 2.59 bits per heavy atom. The van der Waals surface area contributed by atoms with Gasteiger partial charge < -0.3 is 5.32 Å². The number of rotatable bonds is 6. The van der Waals surface area contributed by atoms with Crippen LogP contribution < -0.4 is 5.32 Å². The van der Waals surface area contributed by atoms with Crippen molar-refractivity contribution in [3.63, 3.8) is 0 Å². The fraction of sp³-hybridized carbons (Fsp3) is 0.500. The molecule has 1 rings (SSSR count). The molecule has 0 saturated heterocycles. The van der Waals surface area contributed by atoms with Gasteiger partial charge in [0, 0.05) is 22.9 Å². The second kappa shape index (κ2) is 6.31. The monoisotopic (exact) mass is 273 g/mol. The van der Waals surface area contributed by atoms with Gasteiger partial charge in [0.2, 0.25) is 0 Å². The molecule has 0 heterocycles. The SMILES string of the molecule is CCSc1ccccc1NC(C)CS(C)(=O)=O. The van der Waals surface area contributed by atoms with E-state index in [4.69, 9.17) is 0 Å². The third-order valence-electron chi connectivity index (χ3n) is 2.14. The van der Waals surface area contributed by atoms with E-state index < -0.39 is 9.84 Å². The van der Waals surface area contributed by atoms with Crippen molar-refractivity contribution in [1.82, 2.24) is 0 Å². The molecule has 1 unspecified atom stereocenters. The Kier molecular flexibility index (Phi) is 5.33. The lowest BCUT2D eigenvalue weighted by Crippen LogP contribution is -2.25. The molecule has 96 valence electrons. The third-order valence-corrected chi connectivity index (χ3v) is 4.20. The Morgan fingerprint density at radius 1 is 1.35 bits per heavy atom. The third kappa shape index (κ3) is 5.46. The number of hydrogen-bond donors (Lipinski definition) is 1. The van der Waals surface area contributed by atoms with Crippen LogP contribution in [0.1, 0.15) is 13.8 Å². The van der Waals surface area contributed by atoms with Crippen molar-refractivity contribution in [1.29, 1.82) is 0 Å². The largest absolute Gasteiger partial charge is 0.381 e. The Bertz CT molecular complexity index is 457. The van der Waals surface area contributed by atoms with E-state index in [9.17, 15) is 8.42 Å². The molecule has 3 nitrogen and oxygen atoms in total. The number of hydrogen-bond acceptors (Lipinski definition) is 4. The first kappa shape index (κ1) is 14.4. The summed E-state index contributed by atoms with van der Waals surface area (Å²) in [6, 6.07) is 7.89. The normalized spacial score (nSPS) is 13.4. The molecule has 0 aromatic heterocycles. The average molecular weight is 273 g/mol. The molecular formula is C12H19NO2S2. The van der Waals surface area contributed by atoms with Crippen LogP contribution in [-0.2, 0) is 9.84 Å². The predicted molar refractivity (Wildman–Crippen MR) is 75.6 cm³/mol. The van der Waals surface area contributed by atoms with Crippen LogP contribution in [0.4, 0.5) is 5.69 Å². The fourth-order valence-corrected chi connectivity index (χ4v) is 3.39. The number of sulfone groups is 1. The van der Waals surface area contributed by atoms with Crippen molar-refractivity contribution in [3.8, 4) is 0 Å². The minimum atomic E-state index is -2.94. The topological polar surface area (TPSA) is 46.2 Å². The van der Waals surface area contributed by atoms with Crippen LogP contribution in [0.2, 0.25) is 0 Å². The molecule has 0 aliphatic heterocycles. The quantitative estimate of drug-likeness (QED) is 0.809. The molecule has 0 spiro atoms. The van der Waals surface area contributed by atoms with Gasteiger partial charge in [-0.1, -0.05) is 19.1 Å². The van der Waals surface area contributed by atoms with Crippen LogP contribution in [0.5, 0.6) is 0 Å². The highest BCUT2D eigenvalue weighted by Gasteiger charge is 2.11. The number of nitrogens with one attached hydrogen (secondary N) is 1. The summed E-state index contributed by atoms with van der Waals surface area (Å²) >= 11 is 1.75. The maximum Gasteiger partial charge on any atom is 0.149 e. The molecule has 0 aliphatic rings. The van der Waals surface area contributed by atoms with Crippen LogP contribution >= 0.6 is 11.8 Å². The molecule has 1 N–H and O–H groups in total. The van der Waals surface area contributed by atoms with Gasteiger partial charge in [0.05, 0.1) is 5.75 Å². The molecule has 17 heavy (non-hydrogen) atoms.